The van der Waals surface area contributed by atoms with E-state index in [1.165, 1.54) is 27.8 Å². The van der Waals surface area contributed by atoms with Gasteiger partial charge in [-0.15, -0.1) is 0 Å². The van der Waals surface area contributed by atoms with Crippen LogP contribution in [0.4, 0.5) is 5.69 Å². The van der Waals surface area contributed by atoms with Crippen LogP contribution in [0.15, 0.2) is 52.5 Å². The number of aromatic nitrogens is 1. The molecule has 1 saturated heterocycles. The van der Waals surface area contributed by atoms with E-state index in [0.29, 0.717) is 18.1 Å². The summed E-state index contributed by atoms with van der Waals surface area (Å²) >= 11 is 1.30. The molecule has 1 amide bonds. The van der Waals surface area contributed by atoms with Crippen molar-refractivity contribution in [1.82, 2.24) is 9.29 Å². The molecule has 1 N–H and O–H groups in total. The number of nitrogens with one attached hydrogen (secondary N) is 1. The SMILES string of the molecule is CCc1ccc(NC(=O)[C@H](C)Sc2ccc(S(=O)(=O)N3CCCC3)cn2)cc1. The molecule has 0 bridgehead atoms. The lowest BCUT2D eigenvalue weighted by Gasteiger charge is -2.15. The molecule has 150 valence electrons. The maximum absolute atomic E-state index is 12.5. The zero-order valence-electron chi connectivity index (χ0n) is 16.1. The van der Waals surface area contributed by atoms with E-state index in [9.17, 15) is 13.2 Å². The number of carbonyl (C=O) groups is 1. The van der Waals surface area contributed by atoms with Crippen LogP contribution < -0.4 is 5.32 Å². The van der Waals surface area contributed by atoms with Gasteiger partial charge in [0.1, 0.15) is 4.90 Å². The van der Waals surface area contributed by atoms with Crippen LogP contribution in [0, 0.1) is 0 Å². The third-order valence-electron chi connectivity index (χ3n) is 4.71. The van der Waals surface area contributed by atoms with Gasteiger partial charge >= 0.3 is 0 Å². The number of anilines is 1. The van der Waals surface area contributed by atoms with Gasteiger partial charge in [0.05, 0.1) is 10.3 Å². The van der Waals surface area contributed by atoms with E-state index in [-0.39, 0.29) is 16.1 Å². The molecule has 0 unspecified atom stereocenters. The molecule has 0 aliphatic carbocycles. The highest BCUT2D eigenvalue weighted by Crippen LogP contribution is 2.25. The maximum atomic E-state index is 12.5. The Kier molecular flexibility index (Phi) is 6.74. The number of sulfonamides is 1. The molecule has 1 aliphatic heterocycles. The summed E-state index contributed by atoms with van der Waals surface area (Å²) in [7, 11) is -3.46. The largest absolute Gasteiger partial charge is 0.325 e. The minimum Gasteiger partial charge on any atom is -0.325 e. The van der Waals surface area contributed by atoms with Crippen LogP contribution in [0.5, 0.6) is 0 Å². The Balaban J connectivity index is 1.60. The van der Waals surface area contributed by atoms with Crippen LogP contribution >= 0.6 is 11.8 Å². The van der Waals surface area contributed by atoms with Crippen LogP contribution in [0.25, 0.3) is 0 Å². The maximum Gasteiger partial charge on any atom is 0.244 e. The molecule has 0 saturated carbocycles. The molecule has 28 heavy (non-hydrogen) atoms. The van der Waals surface area contributed by atoms with Crippen LogP contribution in [0.3, 0.4) is 0 Å². The van der Waals surface area contributed by atoms with Crippen molar-refractivity contribution in [3.05, 3.63) is 48.2 Å². The molecule has 3 rings (SSSR count). The van der Waals surface area contributed by atoms with Gasteiger partial charge < -0.3 is 5.32 Å². The highest BCUT2D eigenvalue weighted by molar-refractivity contribution is 8.00. The number of rotatable bonds is 7. The van der Waals surface area contributed by atoms with Gasteiger partial charge in [-0.3, -0.25) is 4.79 Å². The second-order valence-corrected chi connectivity index (χ2v) is 10.0. The van der Waals surface area contributed by atoms with E-state index < -0.39 is 10.0 Å². The summed E-state index contributed by atoms with van der Waals surface area (Å²) in [5.74, 6) is -0.121. The van der Waals surface area contributed by atoms with Crippen molar-refractivity contribution in [3.8, 4) is 0 Å². The molecule has 1 fully saturated rings. The second-order valence-electron chi connectivity index (χ2n) is 6.74. The summed E-state index contributed by atoms with van der Waals surface area (Å²) in [5, 5.41) is 3.15. The lowest BCUT2D eigenvalue weighted by atomic mass is 10.1. The number of pyridine rings is 1. The van der Waals surface area contributed by atoms with E-state index in [4.69, 9.17) is 0 Å². The summed E-state index contributed by atoms with van der Waals surface area (Å²) in [4.78, 5) is 16.9. The number of hydrogen-bond acceptors (Lipinski definition) is 5. The van der Waals surface area contributed by atoms with E-state index in [1.54, 1.807) is 19.1 Å². The molecule has 8 heteroatoms. The number of hydrogen-bond donors (Lipinski definition) is 1. The Labute approximate surface area is 170 Å². The molecular weight excluding hydrogens is 394 g/mol. The Hall–Kier alpha value is -1.90. The van der Waals surface area contributed by atoms with Crippen molar-refractivity contribution in [2.24, 2.45) is 0 Å². The fourth-order valence-electron chi connectivity index (χ4n) is 2.97. The molecule has 1 aliphatic rings. The summed E-state index contributed by atoms with van der Waals surface area (Å²) < 4.78 is 26.6. The lowest BCUT2D eigenvalue weighted by Crippen LogP contribution is -2.28. The van der Waals surface area contributed by atoms with Crippen molar-refractivity contribution in [2.75, 3.05) is 18.4 Å². The normalized spacial score (nSPS) is 16.1. The number of aryl methyl sites for hydroxylation is 1. The van der Waals surface area contributed by atoms with Gasteiger partial charge in [-0.05, 0) is 56.0 Å². The van der Waals surface area contributed by atoms with Crippen LogP contribution in [-0.2, 0) is 21.2 Å². The molecule has 1 aromatic carbocycles. The topological polar surface area (TPSA) is 79.4 Å². The summed E-state index contributed by atoms with van der Waals surface area (Å²) in [5.41, 5.74) is 1.98. The molecule has 0 radical (unpaired) electrons. The number of benzene rings is 1. The zero-order valence-corrected chi connectivity index (χ0v) is 17.7. The third-order valence-corrected chi connectivity index (χ3v) is 7.64. The van der Waals surface area contributed by atoms with Crippen molar-refractivity contribution >= 4 is 33.4 Å². The summed E-state index contributed by atoms with van der Waals surface area (Å²) in [6.45, 7) is 5.02. The van der Waals surface area contributed by atoms with Gasteiger partial charge in [-0.1, -0.05) is 30.8 Å². The predicted molar refractivity (Wildman–Crippen MR) is 112 cm³/mol. The van der Waals surface area contributed by atoms with Crippen molar-refractivity contribution in [3.63, 3.8) is 0 Å². The number of nitrogens with zero attached hydrogens (tertiary/aromatic N) is 2. The molecule has 6 nitrogen and oxygen atoms in total. The first-order chi connectivity index (χ1) is 13.4. The second kappa shape index (κ2) is 9.07. The quantitative estimate of drug-likeness (QED) is 0.695. The Morgan fingerprint density at radius 3 is 2.43 bits per heavy atom. The van der Waals surface area contributed by atoms with Gasteiger partial charge in [0.25, 0.3) is 0 Å². The van der Waals surface area contributed by atoms with Crippen molar-refractivity contribution in [1.29, 1.82) is 0 Å². The standard InChI is InChI=1S/C20H25N3O3S2/c1-3-16-6-8-17(9-7-16)22-20(24)15(2)27-19-11-10-18(14-21-19)28(25,26)23-12-4-5-13-23/h6-11,14-15H,3-5,12-13H2,1-2H3,(H,22,24)/t15-/m0/s1. The third kappa shape index (κ3) is 4.92. The van der Waals surface area contributed by atoms with Crippen molar-refractivity contribution < 1.29 is 13.2 Å². The number of thioether (sulfide) groups is 1. The number of carbonyl (C=O) groups excluding carboxylic acids is 1. The van der Waals surface area contributed by atoms with Crippen LogP contribution in [0.2, 0.25) is 0 Å². The predicted octanol–water partition coefficient (Wildman–Crippen LogP) is 3.55. The first-order valence-corrected chi connectivity index (χ1v) is 11.7. The van der Waals surface area contributed by atoms with Crippen LogP contribution in [-0.4, -0.2) is 42.0 Å². The highest BCUT2D eigenvalue weighted by atomic mass is 32.2. The minimum atomic E-state index is -3.46. The first-order valence-electron chi connectivity index (χ1n) is 9.43. The number of amides is 1. The summed E-state index contributed by atoms with van der Waals surface area (Å²) in [6.07, 6.45) is 4.13. The average Bonchev–Trinajstić information content (AvgIpc) is 3.25. The van der Waals surface area contributed by atoms with E-state index >= 15 is 0 Å². The molecule has 2 heterocycles. The fourth-order valence-corrected chi connectivity index (χ4v) is 5.22. The Morgan fingerprint density at radius 2 is 1.86 bits per heavy atom. The van der Waals surface area contributed by atoms with E-state index in [0.717, 1.165) is 24.9 Å². The van der Waals surface area contributed by atoms with Gasteiger partial charge in [0.2, 0.25) is 15.9 Å². The Morgan fingerprint density at radius 1 is 1.18 bits per heavy atom. The fraction of sp³-hybridized carbons (Fsp3) is 0.400. The van der Waals surface area contributed by atoms with E-state index in [1.807, 2.05) is 24.3 Å². The van der Waals surface area contributed by atoms with Gasteiger partial charge in [0, 0.05) is 25.0 Å². The van der Waals surface area contributed by atoms with Crippen LogP contribution in [0.1, 0.15) is 32.3 Å². The minimum absolute atomic E-state index is 0.121. The summed E-state index contributed by atoms with van der Waals surface area (Å²) in [6, 6.07) is 11.0. The zero-order chi connectivity index (χ0) is 20.1. The molecule has 1 aromatic heterocycles. The van der Waals surface area contributed by atoms with Gasteiger partial charge in [-0.2, -0.15) is 4.31 Å². The first kappa shape index (κ1) is 20.8. The molecule has 2 aromatic rings. The molecule has 1 atom stereocenters. The molecular formula is C20H25N3O3S2. The highest BCUT2D eigenvalue weighted by Gasteiger charge is 2.27. The van der Waals surface area contributed by atoms with Gasteiger partial charge in [-0.25, -0.2) is 13.4 Å². The average molecular weight is 420 g/mol. The lowest BCUT2D eigenvalue weighted by molar-refractivity contribution is -0.115. The smallest absolute Gasteiger partial charge is 0.244 e. The monoisotopic (exact) mass is 419 g/mol. The Bertz CT molecular complexity index is 907. The van der Waals surface area contributed by atoms with Gasteiger partial charge in [0.15, 0.2) is 0 Å². The van der Waals surface area contributed by atoms with E-state index in [2.05, 4.69) is 17.2 Å². The molecule has 0 spiro atoms. The van der Waals surface area contributed by atoms with Crippen molar-refractivity contribution in [2.45, 2.75) is 48.3 Å².